The maximum Gasteiger partial charge on any atom is 0.239 e. The number of anilines is 1. The number of rotatable bonds is 5. The van der Waals surface area contributed by atoms with E-state index < -0.39 is 0 Å². The first-order valence-electron chi connectivity index (χ1n) is 6.14. The Morgan fingerprint density at radius 2 is 2.00 bits per heavy atom. The number of amides is 1. The summed E-state index contributed by atoms with van der Waals surface area (Å²) in [6.45, 7) is 2.85. The maximum absolute atomic E-state index is 11.5. The van der Waals surface area contributed by atoms with Crippen LogP contribution in [0, 0.1) is 0 Å². The number of nitrogens with one attached hydrogen (secondary N) is 2. The molecule has 1 amide bonds. The van der Waals surface area contributed by atoms with Crippen LogP contribution < -0.4 is 10.6 Å². The van der Waals surface area contributed by atoms with Crippen LogP contribution in [0.4, 0.5) is 5.82 Å². The molecule has 1 aromatic carbocycles. The van der Waals surface area contributed by atoms with Gasteiger partial charge in [0.1, 0.15) is 0 Å². The third kappa shape index (κ3) is 3.32. The van der Waals surface area contributed by atoms with Crippen molar-refractivity contribution in [3.05, 3.63) is 29.4 Å². The number of carbonyl (C=O) groups excluding carboxylic acids is 1. The smallest absolute Gasteiger partial charge is 0.239 e. The molecule has 2 N–H and O–H groups in total. The van der Waals surface area contributed by atoms with E-state index in [9.17, 15) is 4.79 Å². The topological polar surface area (TPSA) is 66.9 Å². The van der Waals surface area contributed by atoms with Gasteiger partial charge in [-0.3, -0.25) is 4.79 Å². The van der Waals surface area contributed by atoms with Gasteiger partial charge in [-0.05, 0) is 6.42 Å². The van der Waals surface area contributed by atoms with Gasteiger partial charge in [-0.25, -0.2) is 0 Å². The van der Waals surface area contributed by atoms with Gasteiger partial charge in [-0.15, -0.1) is 10.2 Å². The Kier molecular flexibility index (Phi) is 4.52. The van der Waals surface area contributed by atoms with Gasteiger partial charge in [-0.1, -0.05) is 42.8 Å². The minimum atomic E-state index is -0.0670. The van der Waals surface area contributed by atoms with E-state index in [1.165, 1.54) is 0 Å². The molecule has 2 aromatic rings. The first-order valence-corrected chi connectivity index (χ1v) is 6.51. The first kappa shape index (κ1) is 13.5. The summed E-state index contributed by atoms with van der Waals surface area (Å²) in [5.41, 5.74) is 0. The molecule has 0 radical (unpaired) electrons. The van der Waals surface area contributed by atoms with Gasteiger partial charge >= 0.3 is 0 Å². The van der Waals surface area contributed by atoms with Crippen molar-refractivity contribution >= 4 is 34.1 Å². The fourth-order valence-corrected chi connectivity index (χ4v) is 1.90. The van der Waals surface area contributed by atoms with Crippen LogP contribution in [-0.4, -0.2) is 29.2 Å². The van der Waals surface area contributed by atoms with Gasteiger partial charge in [0.2, 0.25) is 5.91 Å². The number of hydrogen-bond acceptors (Lipinski definition) is 4. The lowest BCUT2D eigenvalue weighted by Crippen LogP contribution is -2.30. The molecule has 0 saturated heterocycles. The second-order valence-electron chi connectivity index (χ2n) is 4.09. The normalized spacial score (nSPS) is 10.4. The summed E-state index contributed by atoms with van der Waals surface area (Å²) in [4.78, 5) is 11.5. The Labute approximate surface area is 116 Å². The molecule has 19 heavy (non-hydrogen) atoms. The summed E-state index contributed by atoms with van der Waals surface area (Å²) in [5, 5.41) is 15.6. The zero-order chi connectivity index (χ0) is 13.7. The molecule has 0 aliphatic heterocycles. The number of aromatic nitrogens is 2. The predicted octanol–water partition coefficient (Wildman–Crippen LogP) is 2.22. The standard InChI is InChI=1S/C13H15ClN4O/c1-2-7-15-11(19)8-16-13-10-6-4-3-5-9(10)12(14)17-18-13/h3-6H,2,7-8H2,1H3,(H,15,19)(H,16,18). The van der Waals surface area contributed by atoms with Crippen molar-refractivity contribution in [1.82, 2.24) is 15.5 Å². The van der Waals surface area contributed by atoms with E-state index in [0.717, 1.165) is 17.2 Å². The SMILES string of the molecule is CCCNC(=O)CNc1nnc(Cl)c2ccccc12. The Morgan fingerprint density at radius 1 is 1.26 bits per heavy atom. The highest BCUT2D eigenvalue weighted by Crippen LogP contribution is 2.25. The summed E-state index contributed by atoms with van der Waals surface area (Å²) in [6, 6.07) is 7.53. The van der Waals surface area contributed by atoms with Crippen molar-refractivity contribution in [2.24, 2.45) is 0 Å². The molecule has 0 fully saturated rings. The number of halogens is 1. The molecular weight excluding hydrogens is 264 g/mol. The van der Waals surface area contributed by atoms with Gasteiger partial charge in [0.15, 0.2) is 11.0 Å². The van der Waals surface area contributed by atoms with Crippen LogP contribution >= 0.6 is 11.6 Å². The fraction of sp³-hybridized carbons (Fsp3) is 0.308. The maximum atomic E-state index is 11.5. The van der Waals surface area contributed by atoms with Crippen LogP contribution in [0.2, 0.25) is 5.15 Å². The quantitative estimate of drug-likeness (QED) is 0.880. The van der Waals surface area contributed by atoms with Crippen LogP contribution in [0.15, 0.2) is 24.3 Å². The molecular formula is C13H15ClN4O. The number of hydrogen-bond donors (Lipinski definition) is 2. The van der Waals surface area contributed by atoms with Crippen LogP contribution in [0.3, 0.4) is 0 Å². The minimum absolute atomic E-state index is 0.0670. The molecule has 0 saturated carbocycles. The predicted molar refractivity (Wildman–Crippen MR) is 76.3 cm³/mol. The van der Waals surface area contributed by atoms with Crippen LogP contribution in [0.25, 0.3) is 10.8 Å². The highest BCUT2D eigenvalue weighted by atomic mass is 35.5. The average molecular weight is 279 g/mol. The van der Waals surface area contributed by atoms with Gasteiger partial charge in [0.25, 0.3) is 0 Å². The van der Waals surface area contributed by atoms with Gasteiger partial charge in [-0.2, -0.15) is 0 Å². The van der Waals surface area contributed by atoms with E-state index in [4.69, 9.17) is 11.6 Å². The highest BCUT2D eigenvalue weighted by Gasteiger charge is 2.08. The van der Waals surface area contributed by atoms with E-state index >= 15 is 0 Å². The largest absolute Gasteiger partial charge is 0.359 e. The molecule has 0 spiro atoms. The van der Waals surface area contributed by atoms with E-state index in [-0.39, 0.29) is 12.5 Å². The summed E-state index contributed by atoms with van der Waals surface area (Å²) in [6.07, 6.45) is 0.912. The molecule has 2 rings (SSSR count). The first-order chi connectivity index (χ1) is 9.22. The van der Waals surface area contributed by atoms with E-state index in [2.05, 4.69) is 20.8 Å². The molecule has 0 bridgehead atoms. The zero-order valence-electron chi connectivity index (χ0n) is 10.6. The van der Waals surface area contributed by atoms with Crippen molar-refractivity contribution < 1.29 is 4.79 Å². The molecule has 5 nitrogen and oxygen atoms in total. The number of benzene rings is 1. The molecule has 100 valence electrons. The molecule has 6 heteroatoms. The van der Waals surface area contributed by atoms with Crippen LogP contribution in [0.1, 0.15) is 13.3 Å². The fourth-order valence-electron chi connectivity index (χ4n) is 1.69. The van der Waals surface area contributed by atoms with Crippen molar-refractivity contribution in [3.8, 4) is 0 Å². The zero-order valence-corrected chi connectivity index (χ0v) is 11.4. The highest BCUT2D eigenvalue weighted by molar-refractivity contribution is 6.34. The van der Waals surface area contributed by atoms with Gasteiger partial charge < -0.3 is 10.6 Å². The average Bonchev–Trinajstić information content (AvgIpc) is 2.45. The summed E-state index contributed by atoms with van der Waals surface area (Å²) >= 11 is 5.98. The number of fused-ring (bicyclic) bond motifs is 1. The summed E-state index contributed by atoms with van der Waals surface area (Å²) in [7, 11) is 0. The number of nitrogens with zero attached hydrogens (tertiary/aromatic N) is 2. The van der Waals surface area contributed by atoms with E-state index in [0.29, 0.717) is 17.5 Å². The van der Waals surface area contributed by atoms with E-state index in [1.54, 1.807) is 0 Å². The second kappa shape index (κ2) is 6.33. The van der Waals surface area contributed by atoms with Crippen molar-refractivity contribution in [3.63, 3.8) is 0 Å². The lowest BCUT2D eigenvalue weighted by Gasteiger charge is -2.08. The monoisotopic (exact) mass is 278 g/mol. The summed E-state index contributed by atoms with van der Waals surface area (Å²) < 4.78 is 0. The third-order valence-corrected chi connectivity index (χ3v) is 2.91. The van der Waals surface area contributed by atoms with Gasteiger partial charge in [0, 0.05) is 17.3 Å². The lowest BCUT2D eigenvalue weighted by atomic mass is 10.2. The van der Waals surface area contributed by atoms with Crippen LogP contribution in [0.5, 0.6) is 0 Å². The molecule has 0 atom stereocenters. The Hall–Kier alpha value is -1.88. The lowest BCUT2D eigenvalue weighted by molar-refractivity contribution is -0.119. The van der Waals surface area contributed by atoms with Crippen molar-refractivity contribution in [2.75, 3.05) is 18.4 Å². The molecule has 0 aliphatic carbocycles. The Balaban J connectivity index is 2.13. The Bertz CT molecular complexity index is 588. The molecule has 0 unspecified atom stereocenters. The van der Waals surface area contributed by atoms with Crippen molar-refractivity contribution in [1.29, 1.82) is 0 Å². The number of carbonyl (C=O) groups is 1. The van der Waals surface area contributed by atoms with Crippen molar-refractivity contribution in [2.45, 2.75) is 13.3 Å². The molecule has 0 aliphatic rings. The van der Waals surface area contributed by atoms with Gasteiger partial charge in [0.05, 0.1) is 6.54 Å². The summed E-state index contributed by atoms with van der Waals surface area (Å²) in [5.74, 6) is 0.495. The van der Waals surface area contributed by atoms with E-state index in [1.807, 2.05) is 31.2 Å². The molecule has 1 heterocycles. The molecule has 1 aromatic heterocycles. The second-order valence-corrected chi connectivity index (χ2v) is 4.45. The minimum Gasteiger partial charge on any atom is -0.359 e. The third-order valence-electron chi connectivity index (χ3n) is 2.63. The Morgan fingerprint density at radius 3 is 2.74 bits per heavy atom. The van der Waals surface area contributed by atoms with Crippen LogP contribution in [-0.2, 0) is 4.79 Å².